The summed E-state index contributed by atoms with van der Waals surface area (Å²) in [6.45, 7) is 3.77. The molecule has 0 saturated carbocycles. The molecule has 0 amide bonds. The van der Waals surface area contributed by atoms with Gasteiger partial charge in [0, 0.05) is 12.8 Å². The zero-order chi connectivity index (χ0) is 32.9. The van der Waals surface area contributed by atoms with Crippen molar-refractivity contribution < 1.29 is 24.2 Å². The van der Waals surface area contributed by atoms with E-state index in [1.54, 1.807) is 0 Å². The van der Waals surface area contributed by atoms with Gasteiger partial charge in [-0.1, -0.05) is 161 Å². The zero-order valence-electron chi connectivity index (χ0n) is 27.8. The number of aliphatic hydroxyl groups excluding tert-OH is 1. The van der Waals surface area contributed by atoms with Gasteiger partial charge in [-0.25, -0.2) is 0 Å². The van der Waals surface area contributed by atoms with Crippen molar-refractivity contribution in [3.05, 3.63) is 122 Å². The molecule has 0 heterocycles. The van der Waals surface area contributed by atoms with Gasteiger partial charge in [0.2, 0.25) is 0 Å². The maximum atomic E-state index is 12.1. The molecule has 1 unspecified atom stereocenters. The third-order valence-corrected chi connectivity index (χ3v) is 6.23. The van der Waals surface area contributed by atoms with Crippen LogP contribution in [0.3, 0.4) is 0 Å². The first-order valence-corrected chi connectivity index (χ1v) is 16.7. The number of allylic oxidation sites excluding steroid dienone is 20. The highest BCUT2D eigenvalue weighted by atomic mass is 16.6. The second-order valence-electron chi connectivity index (χ2n) is 10.4. The van der Waals surface area contributed by atoms with E-state index in [4.69, 9.17) is 9.47 Å². The lowest BCUT2D eigenvalue weighted by Crippen LogP contribution is -2.28. The highest BCUT2D eigenvalue weighted by molar-refractivity contribution is 5.70. The van der Waals surface area contributed by atoms with E-state index in [2.05, 4.69) is 44.2 Å². The molecular weight excluding hydrogens is 560 g/mol. The molecule has 0 bridgehead atoms. The molecule has 0 rings (SSSR count). The number of hydrogen-bond acceptors (Lipinski definition) is 5. The van der Waals surface area contributed by atoms with E-state index in [9.17, 15) is 14.7 Å². The molecule has 5 nitrogen and oxygen atoms in total. The smallest absolute Gasteiger partial charge is 0.306 e. The van der Waals surface area contributed by atoms with E-state index in [0.717, 1.165) is 57.8 Å². The molecule has 1 atom stereocenters. The van der Waals surface area contributed by atoms with Gasteiger partial charge in [0.25, 0.3) is 0 Å². The minimum absolute atomic E-state index is 0.124. The molecule has 1 N–H and O–H groups in total. The fourth-order valence-corrected chi connectivity index (χ4v) is 3.73. The first-order valence-electron chi connectivity index (χ1n) is 16.7. The third kappa shape index (κ3) is 33.0. The van der Waals surface area contributed by atoms with Crippen LogP contribution in [-0.4, -0.2) is 36.4 Å². The molecule has 45 heavy (non-hydrogen) atoms. The highest BCUT2D eigenvalue weighted by Crippen LogP contribution is 2.09. The van der Waals surface area contributed by atoms with Crippen molar-refractivity contribution in [2.75, 3.05) is 13.2 Å². The largest absolute Gasteiger partial charge is 0.462 e. The second-order valence-corrected chi connectivity index (χ2v) is 10.4. The molecule has 0 aromatic heterocycles. The van der Waals surface area contributed by atoms with Crippen molar-refractivity contribution in [2.45, 2.75) is 103 Å². The number of unbranched alkanes of at least 4 members (excludes halogenated alkanes) is 7. The number of carbonyl (C=O) groups is 2. The van der Waals surface area contributed by atoms with E-state index < -0.39 is 6.10 Å². The Bertz CT molecular complexity index is 1020. The summed E-state index contributed by atoms with van der Waals surface area (Å²) >= 11 is 0. The fraction of sp³-hybridized carbons (Fsp3) is 0.450. The Balaban J connectivity index is 3.84. The van der Waals surface area contributed by atoms with Crippen LogP contribution in [-0.2, 0) is 19.1 Å². The van der Waals surface area contributed by atoms with Crippen molar-refractivity contribution in [1.29, 1.82) is 0 Å². The van der Waals surface area contributed by atoms with Gasteiger partial charge in [0.1, 0.15) is 6.61 Å². The standard InChI is InChI=1S/C40H58O5/c1-3-5-7-9-11-13-15-17-18-19-20-21-23-25-27-29-31-33-35-40(43)45-38(36-41)37-44-39(42)34-32-30-28-26-24-22-16-14-12-10-8-6-4-2/h6-22,24,26,28,38,41H,3-5,23,25,27,29-37H2,1-2H3/b8-6+,9-7+,12-10+,13-11+,16-14+,17-15+,19-18+,21-20+,24-22+,28-26+. The van der Waals surface area contributed by atoms with Gasteiger partial charge >= 0.3 is 11.9 Å². The number of esters is 2. The molecule has 0 aromatic rings. The van der Waals surface area contributed by atoms with Crippen LogP contribution in [0.2, 0.25) is 0 Å². The number of aliphatic hydroxyl groups is 1. The van der Waals surface area contributed by atoms with E-state index in [-0.39, 0.29) is 31.6 Å². The summed E-state index contributed by atoms with van der Waals surface area (Å²) < 4.78 is 10.5. The Labute approximate surface area is 273 Å². The van der Waals surface area contributed by atoms with Crippen LogP contribution >= 0.6 is 0 Å². The molecular formula is C40H58O5. The highest BCUT2D eigenvalue weighted by Gasteiger charge is 2.15. The lowest BCUT2D eigenvalue weighted by atomic mass is 10.1. The SMILES string of the molecule is CC/C=C/C=C/C=C/C=C/C=C/CCCC(=O)OCC(CO)OC(=O)CCCCCCC/C=C/C=C/C=C/C=C/C=C/CCC. The average Bonchev–Trinajstić information content (AvgIpc) is 3.04. The average molecular weight is 619 g/mol. The minimum Gasteiger partial charge on any atom is -0.462 e. The molecule has 5 heteroatoms. The summed E-state index contributed by atoms with van der Waals surface area (Å²) in [5, 5.41) is 9.50. The molecule has 0 spiro atoms. The van der Waals surface area contributed by atoms with Crippen LogP contribution in [0.25, 0.3) is 0 Å². The van der Waals surface area contributed by atoms with E-state index in [0.29, 0.717) is 12.8 Å². The molecule has 0 fully saturated rings. The van der Waals surface area contributed by atoms with Crippen molar-refractivity contribution in [2.24, 2.45) is 0 Å². The molecule has 0 aliphatic heterocycles. The summed E-state index contributed by atoms with van der Waals surface area (Å²) in [7, 11) is 0. The quantitative estimate of drug-likeness (QED) is 0.0563. The van der Waals surface area contributed by atoms with Crippen molar-refractivity contribution in [3.63, 3.8) is 0 Å². The Morgan fingerprint density at radius 3 is 1.51 bits per heavy atom. The van der Waals surface area contributed by atoms with Crippen LogP contribution in [0.4, 0.5) is 0 Å². The lowest BCUT2D eigenvalue weighted by molar-refractivity contribution is -0.161. The maximum Gasteiger partial charge on any atom is 0.306 e. The lowest BCUT2D eigenvalue weighted by Gasteiger charge is -2.15. The Hall–Kier alpha value is -3.70. The van der Waals surface area contributed by atoms with Crippen LogP contribution in [0.1, 0.15) is 97.3 Å². The van der Waals surface area contributed by atoms with Crippen LogP contribution < -0.4 is 0 Å². The molecule has 0 aliphatic rings. The van der Waals surface area contributed by atoms with Crippen LogP contribution in [0, 0.1) is 0 Å². The Morgan fingerprint density at radius 1 is 0.533 bits per heavy atom. The first-order chi connectivity index (χ1) is 22.1. The van der Waals surface area contributed by atoms with Gasteiger partial charge in [-0.3, -0.25) is 9.59 Å². The molecule has 0 aromatic carbocycles. The summed E-state index contributed by atoms with van der Waals surface area (Å²) in [5.41, 5.74) is 0. The van der Waals surface area contributed by atoms with Gasteiger partial charge < -0.3 is 14.6 Å². The topological polar surface area (TPSA) is 72.8 Å². The Morgan fingerprint density at radius 2 is 0.978 bits per heavy atom. The summed E-state index contributed by atoms with van der Waals surface area (Å²) in [6.07, 6.45) is 51.0. The molecule has 0 saturated heterocycles. The molecule has 0 radical (unpaired) electrons. The van der Waals surface area contributed by atoms with Gasteiger partial charge in [0.15, 0.2) is 6.10 Å². The number of carbonyl (C=O) groups excluding carboxylic acids is 2. The van der Waals surface area contributed by atoms with Crippen molar-refractivity contribution >= 4 is 11.9 Å². The maximum absolute atomic E-state index is 12.1. The zero-order valence-corrected chi connectivity index (χ0v) is 27.8. The number of hydrogen-bond donors (Lipinski definition) is 1. The predicted octanol–water partition coefficient (Wildman–Crippen LogP) is 10.1. The summed E-state index contributed by atoms with van der Waals surface area (Å²) in [4.78, 5) is 24.1. The van der Waals surface area contributed by atoms with Gasteiger partial charge in [-0.15, -0.1) is 0 Å². The second kappa shape index (κ2) is 34.8. The van der Waals surface area contributed by atoms with Gasteiger partial charge in [-0.2, -0.15) is 0 Å². The van der Waals surface area contributed by atoms with Gasteiger partial charge in [-0.05, 0) is 44.9 Å². The Kier molecular flexibility index (Phi) is 31.9. The van der Waals surface area contributed by atoms with Gasteiger partial charge in [0.05, 0.1) is 6.61 Å². The van der Waals surface area contributed by atoms with Crippen LogP contribution in [0.15, 0.2) is 122 Å². The van der Waals surface area contributed by atoms with Crippen LogP contribution in [0.5, 0.6) is 0 Å². The van der Waals surface area contributed by atoms with E-state index in [1.165, 1.54) is 6.42 Å². The third-order valence-electron chi connectivity index (χ3n) is 6.23. The number of ether oxygens (including phenoxy) is 2. The van der Waals surface area contributed by atoms with E-state index >= 15 is 0 Å². The van der Waals surface area contributed by atoms with E-state index in [1.807, 2.05) is 91.1 Å². The van der Waals surface area contributed by atoms with Crippen molar-refractivity contribution in [3.8, 4) is 0 Å². The first kappa shape index (κ1) is 41.3. The summed E-state index contributed by atoms with van der Waals surface area (Å²) in [5.74, 6) is -0.725. The fourth-order valence-electron chi connectivity index (χ4n) is 3.73. The molecule has 248 valence electrons. The predicted molar refractivity (Wildman–Crippen MR) is 191 cm³/mol. The summed E-state index contributed by atoms with van der Waals surface area (Å²) in [6, 6.07) is 0. The number of rotatable bonds is 27. The molecule has 0 aliphatic carbocycles. The normalized spacial score (nSPS) is 13.8. The monoisotopic (exact) mass is 618 g/mol. The minimum atomic E-state index is -0.822. The van der Waals surface area contributed by atoms with Crippen molar-refractivity contribution in [1.82, 2.24) is 0 Å².